The minimum absolute atomic E-state index is 0.0354. The standard InChI is InChI=1S/C49H85N11O11/c1-26(2)23-36(45(66)54-30(9)41(62)53-31(10)42(63)60-40(29(7)8)48(69)59-38(49(70)71)24-27(3)4)57-46(67)37(25-32-17-19-33(61)20-18-32)58-44(65)34(15-11-13-21-50)55-43(64)35(16-12-14-22-51)56-47(68)39(52)28(5)6/h17-20,26-31,34-40,61H,11-16,21-25,50-52H2,1-10H3,(H,53,62)(H,54,66)(H,55,64)(H,56,68)(H,57,67)(H,58,65)(H,59,69)(H,60,63)(H,70,71)/t30-,31-,34-,35-,36-,37-,38-,39-,40-/m0/s1. The molecule has 1 aromatic carbocycles. The molecular formula is C49H85N11O11. The van der Waals surface area contributed by atoms with E-state index in [2.05, 4.69) is 42.5 Å². The zero-order chi connectivity index (χ0) is 54.1. The number of aliphatic carboxylic acids is 1. The van der Waals surface area contributed by atoms with Gasteiger partial charge in [0.05, 0.1) is 6.04 Å². The summed E-state index contributed by atoms with van der Waals surface area (Å²) in [5.41, 5.74) is 18.1. The Bertz CT molecular complexity index is 1900. The van der Waals surface area contributed by atoms with E-state index in [4.69, 9.17) is 17.2 Å². The molecule has 8 amide bonds. The summed E-state index contributed by atoms with van der Waals surface area (Å²) in [4.78, 5) is 121. The fourth-order valence-electron chi connectivity index (χ4n) is 7.24. The van der Waals surface area contributed by atoms with Gasteiger partial charge in [-0.3, -0.25) is 38.4 Å². The topological polar surface area (TPSA) is 368 Å². The van der Waals surface area contributed by atoms with Crippen LogP contribution in [0.1, 0.15) is 126 Å². The first kappa shape index (κ1) is 63.1. The van der Waals surface area contributed by atoms with Gasteiger partial charge in [0.15, 0.2) is 0 Å². The lowest BCUT2D eigenvalue weighted by Crippen LogP contribution is -2.60. The van der Waals surface area contributed by atoms with Gasteiger partial charge in [-0.25, -0.2) is 4.79 Å². The molecule has 402 valence electrons. The normalized spacial score (nSPS) is 15.2. The van der Waals surface area contributed by atoms with Gasteiger partial charge in [-0.15, -0.1) is 0 Å². The summed E-state index contributed by atoms with van der Waals surface area (Å²) < 4.78 is 0. The highest BCUT2D eigenvalue weighted by molar-refractivity contribution is 5.98. The number of amides is 8. The van der Waals surface area contributed by atoms with Crippen molar-refractivity contribution in [2.45, 2.75) is 181 Å². The number of phenolic OH excluding ortho intramolecular Hbond substituents is 1. The van der Waals surface area contributed by atoms with E-state index in [1.54, 1.807) is 39.8 Å². The lowest BCUT2D eigenvalue weighted by molar-refractivity contribution is -0.143. The van der Waals surface area contributed by atoms with Crippen LogP contribution in [0.25, 0.3) is 0 Å². The molecule has 0 bridgehead atoms. The van der Waals surface area contributed by atoms with Gasteiger partial charge in [0.1, 0.15) is 54.1 Å². The van der Waals surface area contributed by atoms with E-state index in [0.717, 1.165) is 0 Å². The summed E-state index contributed by atoms with van der Waals surface area (Å²) in [6, 6.07) is -4.53. The van der Waals surface area contributed by atoms with Gasteiger partial charge in [-0.05, 0) is 120 Å². The van der Waals surface area contributed by atoms with Crippen LogP contribution in [-0.2, 0) is 49.6 Å². The van der Waals surface area contributed by atoms with E-state index in [9.17, 15) is 53.4 Å². The maximum absolute atomic E-state index is 14.3. The van der Waals surface area contributed by atoms with Crippen LogP contribution in [0.15, 0.2) is 24.3 Å². The van der Waals surface area contributed by atoms with E-state index in [1.807, 2.05) is 27.7 Å². The Hall–Kier alpha value is -5.87. The summed E-state index contributed by atoms with van der Waals surface area (Å²) in [5, 5.41) is 40.7. The van der Waals surface area contributed by atoms with Crippen LogP contribution < -0.4 is 59.7 Å². The van der Waals surface area contributed by atoms with Crippen molar-refractivity contribution < 1.29 is 53.4 Å². The number of rotatable bonds is 33. The van der Waals surface area contributed by atoms with Crippen LogP contribution in [0.3, 0.4) is 0 Å². The smallest absolute Gasteiger partial charge is 0.326 e. The minimum Gasteiger partial charge on any atom is -0.508 e. The Morgan fingerprint density at radius 2 is 0.859 bits per heavy atom. The fourth-order valence-corrected chi connectivity index (χ4v) is 7.24. The van der Waals surface area contributed by atoms with Crippen molar-refractivity contribution in [1.29, 1.82) is 0 Å². The number of hydrogen-bond donors (Lipinski definition) is 13. The van der Waals surface area contributed by atoms with Crippen molar-refractivity contribution in [2.75, 3.05) is 13.1 Å². The molecule has 0 unspecified atom stereocenters. The van der Waals surface area contributed by atoms with E-state index in [-0.39, 0.29) is 55.6 Å². The first-order chi connectivity index (χ1) is 33.2. The summed E-state index contributed by atoms with van der Waals surface area (Å²) in [6.07, 6.45) is 2.48. The molecule has 0 saturated heterocycles. The van der Waals surface area contributed by atoms with Crippen LogP contribution >= 0.6 is 0 Å². The van der Waals surface area contributed by atoms with Crippen molar-refractivity contribution in [3.63, 3.8) is 0 Å². The van der Waals surface area contributed by atoms with Crippen LogP contribution in [0.4, 0.5) is 0 Å². The molecule has 0 fully saturated rings. The summed E-state index contributed by atoms with van der Waals surface area (Å²) in [5.74, 6) is -7.79. The van der Waals surface area contributed by atoms with Crippen molar-refractivity contribution in [3.05, 3.63) is 29.8 Å². The molecule has 1 rings (SSSR count). The van der Waals surface area contributed by atoms with Crippen LogP contribution in [0.2, 0.25) is 0 Å². The minimum atomic E-state index is -1.34. The fraction of sp³-hybridized carbons (Fsp3) is 0.694. The second-order valence-corrected chi connectivity index (χ2v) is 19.8. The van der Waals surface area contributed by atoms with Crippen molar-refractivity contribution >= 4 is 53.2 Å². The second-order valence-electron chi connectivity index (χ2n) is 19.8. The van der Waals surface area contributed by atoms with Crippen molar-refractivity contribution in [3.8, 4) is 5.75 Å². The van der Waals surface area contributed by atoms with E-state index in [1.165, 1.54) is 26.0 Å². The molecular weight excluding hydrogens is 919 g/mol. The van der Waals surface area contributed by atoms with Gasteiger partial charge in [0.2, 0.25) is 47.3 Å². The number of unbranched alkanes of at least 4 members (excludes halogenated alkanes) is 2. The molecule has 0 aliphatic rings. The average molecular weight is 1000 g/mol. The SMILES string of the molecule is CC(C)C[C@H](NC(=O)[C@@H](NC(=O)[C@H](C)NC(=O)[C@H](C)NC(=O)[C@H](CC(C)C)NC(=O)[C@H](Cc1ccc(O)cc1)NC(=O)[C@H](CCCCN)NC(=O)[C@H](CCCCN)NC(=O)[C@@H](N)C(C)C)C(C)C)C(=O)O. The highest BCUT2D eigenvalue weighted by atomic mass is 16.4. The van der Waals surface area contributed by atoms with Gasteiger partial charge >= 0.3 is 5.97 Å². The lowest BCUT2D eigenvalue weighted by Gasteiger charge is -2.28. The molecule has 0 aliphatic carbocycles. The molecule has 0 saturated carbocycles. The Balaban J connectivity index is 3.36. The molecule has 16 N–H and O–H groups in total. The quantitative estimate of drug-likeness (QED) is 0.0410. The monoisotopic (exact) mass is 1000 g/mol. The number of carbonyl (C=O) groups is 9. The predicted octanol–water partition coefficient (Wildman–Crippen LogP) is -0.0730. The number of carbonyl (C=O) groups excluding carboxylic acids is 8. The van der Waals surface area contributed by atoms with Gasteiger partial charge < -0.3 is 69.9 Å². The second kappa shape index (κ2) is 32.2. The van der Waals surface area contributed by atoms with Crippen molar-refractivity contribution in [1.82, 2.24) is 42.5 Å². The molecule has 0 aliphatic heterocycles. The number of hydrogen-bond acceptors (Lipinski definition) is 13. The number of benzene rings is 1. The number of phenols is 1. The number of aromatic hydroxyl groups is 1. The zero-order valence-corrected chi connectivity index (χ0v) is 43.4. The highest BCUT2D eigenvalue weighted by Crippen LogP contribution is 2.15. The molecule has 71 heavy (non-hydrogen) atoms. The lowest BCUT2D eigenvalue weighted by atomic mass is 10.00. The van der Waals surface area contributed by atoms with E-state index >= 15 is 0 Å². The Morgan fingerprint density at radius 1 is 0.465 bits per heavy atom. The first-order valence-electron chi connectivity index (χ1n) is 24.8. The van der Waals surface area contributed by atoms with Gasteiger partial charge in [-0.1, -0.05) is 67.5 Å². The summed E-state index contributed by atoms with van der Waals surface area (Å²) >= 11 is 0. The Labute approximate surface area is 419 Å². The van der Waals surface area contributed by atoms with E-state index in [0.29, 0.717) is 44.3 Å². The van der Waals surface area contributed by atoms with Crippen LogP contribution in [0.5, 0.6) is 5.75 Å². The third kappa shape index (κ3) is 23.7. The molecule has 0 radical (unpaired) electrons. The largest absolute Gasteiger partial charge is 0.508 e. The molecule has 22 nitrogen and oxygen atoms in total. The molecule has 22 heteroatoms. The zero-order valence-electron chi connectivity index (χ0n) is 43.4. The molecule has 1 aromatic rings. The number of carboxylic acids is 1. The maximum atomic E-state index is 14.3. The molecule has 0 spiro atoms. The predicted molar refractivity (Wildman–Crippen MR) is 269 cm³/mol. The third-order valence-electron chi connectivity index (χ3n) is 11.6. The van der Waals surface area contributed by atoms with E-state index < -0.39 is 114 Å². The van der Waals surface area contributed by atoms with Crippen molar-refractivity contribution in [2.24, 2.45) is 40.9 Å². The molecule has 0 aromatic heterocycles. The van der Waals surface area contributed by atoms with Gasteiger partial charge in [0, 0.05) is 6.42 Å². The number of carboxylic acid groups (broad SMARTS) is 1. The molecule has 9 atom stereocenters. The summed E-state index contributed by atoms with van der Waals surface area (Å²) in [6.45, 7) is 17.5. The molecule has 0 heterocycles. The summed E-state index contributed by atoms with van der Waals surface area (Å²) in [7, 11) is 0. The van der Waals surface area contributed by atoms with Gasteiger partial charge in [-0.2, -0.15) is 0 Å². The number of nitrogens with one attached hydrogen (secondary N) is 8. The van der Waals surface area contributed by atoms with Crippen LogP contribution in [-0.4, -0.2) is 131 Å². The maximum Gasteiger partial charge on any atom is 0.326 e. The third-order valence-corrected chi connectivity index (χ3v) is 11.6. The Morgan fingerprint density at radius 3 is 1.31 bits per heavy atom. The Kier molecular flexibility index (Phi) is 28.6. The number of nitrogens with two attached hydrogens (primary N) is 3. The highest BCUT2D eigenvalue weighted by Gasteiger charge is 2.35. The van der Waals surface area contributed by atoms with Crippen LogP contribution in [0, 0.1) is 23.7 Å². The van der Waals surface area contributed by atoms with Gasteiger partial charge in [0.25, 0.3) is 0 Å². The first-order valence-corrected chi connectivity index (χ1v) is 24.8. The average Bonchev–Trinajstić information content (AvgIpc) is 3.28.